The van der Waals surface area contributed by atoms with Gasteiger partial charge in [0.25, 0.3) is 11.8 Å². The number of carbonyl (C=O) groups excluding carboxylic acids is 1. The SMILES string of the molecule is C=CC(=O)N1CCC[C@H](Nc2cc(CN3CCOCC3)cc(Nc3ncc(-c4nnc(-c5ccccn5)o4)s3)n2)C1. The zero-order valence-electron chi connectivity index (χ0n) is 22.5. The van der Waals surface area contributed by atoms with Gasteiger partial charge >= 0.3 is 0 Å². The van der Waals surface area contributed by atoms with Crippen molar-refractivity contribution < 1.29 is 13.9 Å². The smallest absolute Gasteiger partial charge is 0.266 e. The van der Waals surface area contributed by atoms with Crippen LogP contribution in [-0.4, -0.2) is 86.3 Å². The standard InChI is InChI=1S/C28H31N9O3S/c1-2-25(38)37-9-5-6-20(18-37)31-23-14-19(17-36-10-12-39-13-11-36)15-24(32-23)33-28-30-16-22(41-28)27-35-34-26(40-27)21-7-3-4-8-29-21/h2-4,7-8,14-16,20H,1,5-6,9-13,17-18H2,(H2,30,31,32,33)/t20-/m0/s1. The zero-order chi connectivity index (χ0) is 28.0. The molecule has 13 heteroatoms. The Kier molecular flexibility index (Phi) is 8.26. The summed E-state index contributed by atoms with van der Waals surface area (Å²) in [6.45, 7) is 9.01. The van der Waals surface area contributed by atoms with Crippen LogP contribution in [0, 0.1) is 0 Å². The van der Waals surface area contributed by atoms with Gasteiger partial charge in [-0.2, -0.15) is 0 Å². The lowest BCUT2D eigenvalue weighted by Gasteiger charge is -2.33. The molecule has 4 aromatic rings. The summed E-state index contributed by atoms with van der Waals surface area (Å²) >= 11 is 1.40. The van der Waals surface area contributed by atoms with Gasteiger partial charge in [-0.1, -0.05) is 24.0 Å². The van der Waals surface area contributed by atoms with Gasteiger partial charge in [-0.25, -0.2) is 9.97 Å². The third-order valence-corrected chi connectivity index (χ3v) is 7.82. The van der Waals surface area contributed by atoms with E-state index in [0.29, 0.717) is 35.0 Å². The minimum Gasteiger partial charge on any atom is -0.414 e. The van der Waals surface area contributed by atoms with E-state index in [1.165, 1.54) is 17.4 Å². The maximum Gasteiger partial charge on any atom is 0.266 e. The summed E-state index contributed by atoms with van der Waals surface area (Å²) in [6, 6.07) is 9.75. The topological polar surface area (TPSA) is 134 Å². The number of nitrogens with zero attached hydrogens (tertiary/aromatic N) is 7. The first-order chi connectivity index (χ1) is 20.1. The lowest BCUT2D eigenvalue weighted by molar-refractivity contribution is -0.127. The summed E-state index contributed by atoms with van der Waals surface area (Å²) in [5.74, 6) is 2.12. The molecule has 1 atom stereocenters. The minimum atomic E-state index is -0.0409. The van der Waals surface area contributed by atoms with E-state index in [1.54, 1.807) is 12.4 Å². The van der Waals surface area contributed by atoms with E-state index >= 15 is 0 Å². The fourth-order valence-corrected chi connectivity index (χ4v) is 5.67. The molecule has 0 spiro atoms. The predicted molar refractivity (Wildman–Crippen MR) is 156 cm³/mol. The van der Waals surface area contributed by atoms with Crippen LogP contribution in [0.2, 0.25) is 0 Å². The molecule has 2 fully saturated rings. The van der Waals surface area contributed by atoms with Crippen molar-refractivity contribution >= 4 is 34.0 Å². The number of aromatic nitrogens is 5. The molecule has 4 aromatic heterocycles. The molecule has 2 saturated heterocycles. The molecule has 0 aliphatic carbocycles. The molecule has 12 nitrogen and oxygen atoms in total. The van der Waals surface area contributed by atoms with Gasteiger partial charge < -0.3 is 24.7 Å². The number of morpholine rings is 1. The Morgan fingerprint density at radius 2 is 1.98 bits per heavy atom. The van der Waals surface area contributed by atoms with Crippen molar-refractivity contribution in [3.8, 4) is 22.4 Å². The Morgan fingerprint density at radius 3 is 2.80 bits per heavy atom. The van der Waals surface area contributed by atoms with Gasteiger partial charge in [0.05, 0.1) is 19.4 Å². The maximum atomic E-state index is 12.2. The lowest BCUT2D eigenvalue weighted by Crippen LogP contribution is -2.44. The summed E-state index contributed by atoms with van der Waals surface area (Å²) in [4.78, 5) is 30.8. The Hall–Kier alpha value is -4.20. The van der Waals surface area contributed by atoms with E-state index < -0.39 is 0 Å². The van der Waals surface area contributed by atoms with Crippen molar-refractivity contribution in [1.82, 2.24) is 34.9 Å². The average molecular weight is 574 g/mol. The predicted octanol–water partition coefficient (Wildman–Crippen LogP) is 3.81. The van der Waals surface area contributed by atoms with Crippen molar-refractivity contribution in [3.63, 3.8) is 0 Å². The van der Waals surface area contributed by atoms with E-state index in [4.69, 9.17) is 14.1 Å². The van der Waals surface area contributed by atoms with E-state index in [0.717, 1.165) is 68.5 Å². The molecule has 0 bridgehead atoms. The molecule has 2 aliphatic heterocycles. The molecular formula is C28H31N9O3S. The molecule has 2 N–H and O–H groups in total. The third kappa shape index (κ3) is 6.76. The number of piperidine rings is 1. The van der Waals surface area contributed by atoms with Gasteiger partial charge in [-0.3, -0.25) is 14.7 Å². The molecular weight excluding hydrogens is 542 g/mol. The van der Waals surface area contributed by atoms with E-state index in [9.17, 15) is 4.79 Å². The van der Waals surface area contributed by atoms with E-state index in [2.05, 4.69) is 48.3 Å². The summed E-state index contributed by atoms with van der Waals surface area (Å²) < 4.78 is 11.4. The maximum absolute atomic E-state index is 12.2. The molecule has 0 unspecified atom stereocenters. The zero-order valence-corrected chi connectivity index (χ0v) is 23.3. The molecule has 6 heterocycles. The molecule has 0 aromatic carbocycles. The van der Waals surface area contributed by atoms with Gasteiger partial charge in [0, 0.05) is 45.0 Å². The second-order valence-electron chi connectivity index (χ2n) is 9.89. The monoisotopic (exact) mass is 573 g/mol. The molecule has 41 heavy (non-hydrogen) atoms. The minimum absolute atomic E-state index is 0.0409. The second kappa shape index (κ2) is 12.5. The van der Waals surface area contributed by atoms with Crippen LogP contribution >= 0.6 is 11.3 Å². The largest absolute Gasteiger partial charge is 0.414 e. The quantitative estimate of drug-likeness (QED) is 0.283. The Balaban J connectivity index is 1.20. The summed E-state index contributed by atoms with van der Waals surface area (Å²) in [5.41, 5.74) is 1.74. The highest BCUT2D eigenvalue weighted by Gasteiger charge is 2.23. The summed E-state index contributed by atoms with van der Waals surface area (Å²) in [7, 11) is 0. The van der Waals surface area contributed by atoms with Gasteiger partial charge in [0.1, 0.15) is 22.2 Å². The van der Waals surface area contributed by atoms with Crippen LogP contribution in [0.4, 0.5) is 16.8 Å². The van der Waals surface area contributed by atoms with Crippen LogP contribution in [0.15, 0.2) is 59.8 Å². The van der Waals surface area contributed by atoms with Gasteiger partial charge in [0.2, 0.25) is 5.91 Å². The van der Waals surface area contributed by atoms with Crippen LogP contribution in [0.1, 0.15) is 18.4 Å². The van der Waals surface area contributed by atoms with Crippen molar-refractivity contribution in [2.24, 2.45) is 0 Å². The van der Waals surface area contributed by atoms with Crippen molar-refractivity contribution in [2.75, 3.05) is 50.0 Å². The van der Waals surface area contributed by atoms with Crippen LogP contribution < -0.4 is 10.6 Å². The van der Waals surface area contributed by atoms with Crippen LogP contribution in [0.3, 0.4) is 0 Å². The number of ether oxygens (including phenoxy) is 1. The summed E-state index contributed by atoms with van der Waals surface area (Å²) in [6.07, 6.45) is 6.64. The number of thiazole rings is 1. The first-order valence-electron chi connectivity index (χ1n) is 13.6. The molecule has 212 valence electrons. The van der Waals surface area contributed by atoms with E-state index in [-0.39, 0.29) is 11.9 Å². The average Bonchev–Trinajstić information content (AvgIpc) is 3.68. The normalized spacial score (nSPS) is 17.8. The fourth-order valence-electron chi connectivity index (χ4n) is 4.92. The summed E-state index contributed by atoms with van der Waals surface area (Å²) in [5, 5.41) is 15.9. The highest BCUT2D eigenvalue weighted by atomic mass is 32.1. The number of rotatable bonds is 9. The van der Waals surface area contributed by atoms with Crippen LogP contribution in [0.25, 0.3) is 22.4 Å². The lowest BCUT2D eigenvalue weighted by atomic mass is 10.1. The highest BCUT2D eigenvalue weighted by molar-refractivity contribution is 7.18. The Bertz CT molecular complexity index is 1490. The van der Waals surface area contributed by atoms with Crippen molar-refractivity contribution in [2.45, 2.75) is 25.4 Å². The Morgan fingerprint density at radius 1 is 1.12 bits per heavy atom. The van der Waals surface area contributed by atoms with Gasteiger partial charge in [-0.15, -0.1) is 10.2 Å². The first kappa shape index (κ1) is 27.0. The number of pyridine rings is 2. The molecule has 6 rings (SSSR count). The number of hydrogen-bond acceptors (Lipinski definition) is 12. The number of amides is 1. The fraction of sp³-hybridized carbons (Fsp3) is 0.357. The Labute approximate surface area is 241 Å². The number of likely N-dealkylation sites (tertiary alicyclic amines) is 1. The number of hydrogen-bond donors (Lipinski definition) is 2. The first-order valence-corrected chi connectivity index (χ1v) is 14.4. The van der Waals surface area contributed by atoms with Crippen molar-refractivity contribution in [1.29, 1.82) is 0 Å². The number of carbonyl (C=O) groups is 1. The van der Waals surface area contributed by atoms with Crippen LogP contribution in [-0.2, 0) is 16.1 Å². The molecule has 2 aliphatic rings. The molecule has 0 saturated carbocycles. The molecule has 0 radical (unpaired) electrons. The van der Waals surface area contributed by atoms with Gasteiger partial charge in [-0.05, 0) is 48.7 Å². The van der Waals surface area contributed by atoms with Gasteiger partial charge in [0.15, 0.2) is 5.13 Å². The third-order valence-electron chi connectivity index (χ3n) is 6.92. The van der Waals surface area contributed by atoms with E-state index in [1.807, 2.05) is 29.2 Å². The van der Waals surface area contributed by atoms with Crippen LogP contribution in [0.5, 0.6) is 0 Å². The second-order valence-corrected chi connectivity index (χ2v) is 10.9. The highest BCUT2D eigenvalue weighted by Crippen LogP contribution is 2.31. The van der Waals surface area contributed by atoms with Crippen molar-refractivity contribution in [3.05, 3.63) is 60.9 Å². The number of anilines is 3. The molecule has 1 amide bonds. The number of nitrogens with one attached hydrogen (secondary N) is 2.